The van der Waals surface area contributed by atoms with Crippen molar-refractivity contribution in [3.63, 3.8) is 0 Å². The van der Waals surface area contributed by atoms with Gasteiger partial charge in [-0.05, 0) is 38.5 Å². The topological polar surface area (TPSA) is 15.3 Å². The molecule has 0 aliphatic carbocycles. The number of nitrogens with one attached hydrogen (secondary N) is 1. The number of rotatable bonds is 8. The van der Waals surface area contributed by atoms with E-state index in [0.717, 1.165) is 19.6 Å². The van der Waals surface area contributed by atoms with E-state index >= 15 is 0 Å². The van der Waals surface area contributed by atoms with Crippen LogP contribution in [-0.2, 0) is 0 Å². The molecular formula is C15H26N2. The van der Waals surface area contributed by atoms with Crippen LogP contribution in [0.2, 0.25) is 0 Å². The second-order valence-corrected chi connectivity index (χ2v) is 4.61. The summed E-state index contributed by atoms with van der Waals surface area (Å²) in [5.74, 6) is 0. The van der Waals surface area contributed by atoms with Crippen LogP contribution in [0.25, 0.3) is 0 Å². The second-order valence-electron chi connectivity index (χ2n) is 4.61. The first-order chi connectivity index (χ1) is 8.29. The highest BCUT2D eigenvalue weighted by molar-refractivity contribution is 5.19. The van der Waals surface area contributed by atoms with Crippen LogP contribution in [0.3, 0.4) is 0 Å². The van der Waals surface area contributed by atoms with E-state index in [1.807, 2.05) is 0 Å². The van der Waals surface area contributed by atoms with Crippen molar-refractivity contribution in [2.24, 2.45) is 0 Å². The van der Waals surface area contributed by atoms with E-state index < -0.39 is 0 Å². The Hall–Kier alpha value is -0.860. The van der Waals surface area contributed by atoms with E-state index in [9.17, 15) is 0 Å². The minimum absolute atomic E-state index is 0.489. The van der Waals surface area contributed by atoms with Crippen LogP contribution in [0, 0.1) is 0 Å². The lowest BCUT2D eigenvalue weighted by Gasteiger charge is -2.28. The fourth-order valence-electron chi connectivity index (χ4n) is 2.13. The molecule has 0 fully saturated rings. The summed E-state index contributed by atoms with van der Waals surface area (Å²) in [5.41, 5.74) is 1.41. The van der Waals surface area contributed by atoms with Gasteiger partial charge in [-0.2, -0.15) is 0 Å². The Bertz CT molecular complexity index is 284. The maximum atomic E-state index is 3.53. The Balaban J connectivity index is 2.64. The predicted molar refractivity (Wildman–Crippen MR) is 75.3 cm³/mol. The molecule has 0 heterocycles. The summed E-state index contributed by atoms with van der Waals surface area (Å²) in [5, 5.41) is 3.53. The normalized spacial score (nSPS) is 12.9. The van der Waals surface area contributed by atoms with Gasteiger partial charge in [-0.25, -0.2) is 0 Å². The fourth-order valence-corrected chi connectivity index (χ4v) is 2.13. The molecule has 0 aromatic heterocycles. The molecule has 0 amide bonds. The van der Waals surface area contributed by atoms with E-state index in [1.54, 1.807) is 0 Å². The molecule has 1 atom stereocenters. The molecule has 0 spiro atoms. The quantitative estimate of drug-likeness (QED) is 0.695. The first-order valence-electron chi connectivity index (χ1n) is 6.75. The third kappa shape index (κ3) is 4.88. The SMILES string of the molecule is CCCNCC(c1ccccc1)N(C)CCC. The molecule has 2 heteroatoms. The maximum absolute atomic E-state index is 3.53. The molecular weight excluding hydrogens is 208 g/mol. The minimum Gasteiger partial charge on any atom is -0.315 e. The van der Waals surface area contributed by atoms with Crippen LogP contribution in [0.5, 0.6) is 0 Å². The van der Waals surface area contributed by atoms with Crippen LogP contribution in [0.1, 0.15) is 38.3 Å². The van der Waals surface area contributed by atoms with Gasteiger partial charge in [0.15, 0.2) is 0 Å². The van der Waals surface area contributed by atoms with Crippen molar-refractivity contribution in [2.75, 3.05) is 26.7 Å². The molecule has 1 N–H and O–H groups in total. The Morgan fingerprint density at radius 2 is 1.82 bits per heavy atom. The summed E-state index contributed by atoms with van der Waals surface area (Å²) >= 11 is 0. The fraction of sp³-hybridized carbons (Fsp3) is 0.600. The highest BCUT2D eigenvalue weighted by Crippen LogP contribution is 2.18. The molecule has 2 nitrogen and oxygen atoms in total. The summed E-state index contributed by atoms with van der Waals surface area (Å²) in [6.45, 7) is 7.73. The zero-order valence-electron chi connectivity index (χ0n) is 11.4. The smallest absolute Gasteiger partial charge is 0.0469 e. The van der Waals surface area contributed by atoms with Gasteiger partial charge in [-0.1, -0.05) is 44.2 Å². The van der Waals surface area contributed by atoms with Gasteiger partial charge in [0.2, 0.25) is 0 Å². The summed E-state index contributed by atoms with van der Waals surface area (Å²) in [6, 6.07) is 11.3. The van der Waals surface area contributed by atoms with Gasteiger partial charge in [-0.15, -0.1) is 0 Å². The van der Waals surface area contributed by atoms with E-state index in [0.29, 0.717) is 6.04 Å². The number of benzene rings is 1. The Labute approximate surface area is 106 Å². The highest BCUT2D eigenvalue weighted by Gasteiger charge is 2.15. The molecule has 17 heavy (non-hydrogen) atoms. The second kappa shape index (κ2) is 8.26. The van der Waals surface area contributed by atoms with E-state index in [2.05, 4.69) is 61.4 Å². The van der Waals surface area contributed by atoms with Crippen molar-refractivity contribution in [1.82, 2.24) is 10.2 Å². The van der Waals surface area contributed by atoms with Crippen molar-refractivity contribution in [3.8, 4) is 0 Å². The molecule has 1 unspecified atom stereocenters. The minimum atomic E-state index is 0.489. The van der Waals surface area contributed by atoms with Gasteiger partial charge in [0, 0.05) is 12.6 Å². The Morgan fingerprint density at radius 3 is 2.41 bits per heavy atom. The predicted octanol–water partition coefficient (Wildman–Crippen LogP) is 3.07. The lowest BCUT2D eigenvalue weighted by atomic mass is 10.1. The average molecular weight is 234 g/mol. The van der Waals surface area contributed by atoms with E-state index in [1.165, 1.54) is 18.4 Å². The highest BCUT2D eigenvalue weighted by atomic mass is 15.1. The summed E-state index contributed by atoms with van der Waals surface area (Å²) < 4.78 is 0. The lowest BCUT2D eigenvalue weighted by Crippen LogP contribution is -2.34. The largest absolute Gasteiger partial charge is 0.315 e. The lowest BCUT2D eigenvalue weighted by molar-refractivity contribution is 0.239. The number of likely N-dealkylation sites (N-methyl/N-ethyl adjacent to an activating group) is 1. The molecule has 0 saturated carbocycles. The zero-order valence-corrected chi connectivity index (χ0v) is 11.4. The molecule has 0 radical (unpaired) electrons. The standard InChI is InChI=1S/C15H26N2/c1-4-11-16-13-15(17(3)12-5-2)14-9-7-6-8-10-14/h6-10,15-16H,4-5,11-13H2,1-3H3. The monoisotopic (exact) mass is 234 g/mol. The summed E-state index contributed by atoms with van der Waals surface area (Å²) in [4.78, 5) is 2.44. The zero-order chi connectivity index (χ0) is 12.5. The van der Waals surface area contributed by atoms with E-state index in [4.69, 9.17) is 0 Å². The molecule has 96 valence electrons. The van der Waals surface area contributed by atoms with Crippen LogP contribution in [0.15, 0.2) is 30.3 Å². The van der Waals surface area contributed by atoms with Crippen molar-refractivity contribution < 1.29 is 0 Å². The van der Waals surface area contributed by atoms with Gasteiger partial charge in [0.05, 0.1) is 0 Å². The van der Waals surface area contributed by atoms with Crippen LogP contribution < -0.4 is 5.32 Å². The van der Waals surface area contributed by atoms with Crippen molar-refractivity contribution in [1.29, 1.82) is 0 Å². The molecule has 0 aliphatic rings. The summed E-state index contributed by atoms with van der Waals surface area (Å²) in [7, 11) is 2.22. The van der Waals surface area contributed by atoms with E-state index in [-0.39, 0.29) is 0 Å². The molecule has 0 bridgehead atoms. The number of nitrogens with zero attached hydrogens (tertiary/aromatic N) is 1. The molecule has 0 saturated heterocycles. The van der Waals surface area contributed by atoms with Crippen LogP contribution in [0.4, 0.5) is 0 Å². The van der Waals surface area contributed by atoms with Crippen molar-refractivity contribution in [3.05, 3.63) is 35.9 Å². The average Bonchev–Trinajstić information content (AvgIpc) is 2.36. The first-order valence-corrected chi connectivity index (χ1v) is 6.75. The van der Waals surface area contributed by atoms with Gasteiger partial charge in [0.25, 0.3) is 0 Å². The number of hydrogen-bond acceptors (Lipinski definition) is 2. The molecule has 1 rings (SSSR count). The molecule has 0 aliphatic heterocycles. The van der Waals surface area contributed by atoms with Gasteiger partial charge in [-0.3, -0.25) is 4.90 Å². The third-order valence-corrected chi connectivity index (χ3v) is 3.06. The Kier molecular flexibility index (Phi) is 6.90. The van der Waals surface area contributed by atoms with Crippen molar-refractivity contribution in [2.45, 2.75) is 32.7 Å². The molecule has 1 aromatic carbocycles. The van der Waals surface area contributed by atoms with Crippen LogP contribution >= 0.6 is 0 Å². The van der Waals surface area contributed by atoms with Crippen LogP contribution in [-0.4, -0.2) is 31.6 Å². The first kappa shape index (κ1) is 14.2. The Morgan fingerprint density at radius 1 is 1.12 bits per heavy atom. The van der Waals surface area contributed by atoms with Gasteiger partial charge < -0.3 is 5.32 Å². The molecule has 1 aromatic rings. The van der Waals surface area contributed by atoms with Gasteiger partial charge in [0.1, 0.15) is 0 Å². The third-order valence-electron chi connectivity index (χ3n) is 3.06. The maximum Gasteiger partial charge on any atom is 0.0469 e. The number of hydrogen-bond donors (Lipinski definition) is 1. The summed E-state index contributed by atoms with van der Waals surface area (Å²) in [6.07, 6.45) is 2.40. The van der Waals surface area contributed by atoms with Gasteiger partial charge >= 0.3 is 0 Å². The van der Waals surface area contributed by atoms with Crippen molar-refractivity contribution >= 4 is 0 Å².